The van der Waals surface area contributed by atoms with Crippen LogP contribution in [0.15, 0.2) is 51.8 Å². The van der Waals surface area contributed by atoms with E-state index in [1.807, 2.05) is 26.0 Å². The number of aromatic nitrogens is 1. The average molecular weight is 397 g/mol. The molecule has 3 rings (SSSR count). The van der Waals surface area contributed by atoms with Crippen LogP contribution < -0.4 is 5.56 Å². The van der Waals surface area contributed by atoms with Crippen molar-refractivity contribution in [2.24, 2.45) is 0 Å². The van der Waals surface area contributed by atoms with E-state index in [9.17, 15) is 4.79 Å². The van der Waals surface area contributed by atoms with Gasteiger partial charge in [0.05, 0.1) is 5.56 Å². The molecule has 0 aliphatic heterocycles. The van der Waals surface area contributed by atoms with Gasteiger partial charge < -0.3 is 4.52 Å². The maximum absolute atomic E-state index is 13.1. The topological polar surface area (TPSA) is 35.1 Å². The maximum Gasteiger partial charge on any atom is 0.291 e. The summed E-state index contributed by atoms with van der Waals surface area (Å²) in [5.74, 6) is 0.499. The van der Waals surface area contributed by atoms with Crippen LogP contribution in [0.5, 0.6) is 0 Å². The Morgan fingerprint density at radius 2 is 1.60 bits per heavy atom. The van der Waals surface area contributed by atoms with E-state index in [2.05, 4.69) is 0 Å². The molecule has 0 fully saturated rings. The van der Waals surface area contributed by atoms with Gasteiger partial charge in [-0.2, -0.15) is 4.74 Å². The monoisotopic (exact) mass is 395 g/mol. The fourth-order valence-corrected chi connectivity index (χ4v) is 3.59. The molecular formula is C19H16Cl3NO2. The summed E-state index contributed by atoms with van der Waals surface area (Å²) in [6.07, 6.45) is 0. The lowest BCUT2D eigenvalue weighted by Crippen LogP contribution is -2.35. The Bertz CT molecular complexity index is 982. The molecule has 0 bridgehead atoms. The third-order valence-corrected chi connectivity index (χ3v) is 4.96. The Labute approximate surface area is 160 Å². The first-order valence-electron chi connectivity index (χ1n) is 7.66. The van der Waals surface area contributed by atoms with Gasteiger partial charge in [0.15, 0.2) is 0 Å². The third kappa shape index (κ3) is 3.24. The molecule has 0 saturated heterocycles. The van der Waals surface area contributed by atoms with Crippen LogP contribution in [-0.2, 0) is 5.54 Å². The van der Waals surface area contributed by atoms with Crippen molar-refractivity contribution in [1.82, 2.24) is 4.74 Å². The summed E-state index contributed by atoms with van der Waals surface area (Å²) in [5.41, 5.74) is 0.828. The highest BCUT2D eigenvalue weighted by Gasteiger charge is 2.31. The first-order valence-corrected chi connectivity index (χ1v) is 8.80. The average Bonchev–Trinajstić information content (AvgIpc) is 2.83. The predicted octanol–water partition coefficient (Wildman–Crippen LogP) is 6.16. The van der Waals surface area contributed by atoms with Gasteiger partial charge in [0.2, 0.25) is 0 Å². The molecule has 0 aliphatic carbocycles. The van der Waals surface area contributed by atoms with Gasteiger partial charge in [0, 0.05) is 20.6 Å². The van der Waals surface area contributed by atoms with Crippen LogP contribution >= 0.6 is 34.8 Å². The molecule has 1 aromatic heterocycles. The van der Waals surface area contributed by atoms with Gasteiger partial charge in [0.25, 0.3) is 5.56 Å². The zero-order valence-corrected chi connectivity index (χ0v) is 16.2. The van der Waals surface area contributed by atoms with Crippen molar-refractivity contribution in [2.45, 2.75) is 26.3 Å². The first-order chi connectivity index (χ1) is 11.7. The highest BCUT2D eigenvalue weighted by molar-refractivity contribution is 6.34. The van der Waals surface area contributed by atoms with E-state index in [-0.39, 0.29) is 5.56 Å². The van der Waals surface area contributed by atoms with Gasteiger partial charge in [-0.25, -0.2) is 0 Å². The summed E-state index contributed by atoms with van der Waals surface area (Å²) < 4.78 is 7.15. The molecule has 0 unspecified atom stereocenters. The smallest absolute Gasteiger partial charge is 0.291 e. The third-order valence-electron chi connectivity index (χ3n) is 4.20. The van der Waals surface area contributed by atoms with Crippen LogP contribution in [-0.4, -0.2) is 4.74 Å². The molecular weight excluding hydrogens is 381 g/mol. The molecule has 3 aromatic rings. The summed E-state index contributed by atoms with van der Waals surface area (Å²) in [6.45, 7) is 5.49. The van der Waals surface area contributed by atoms with Gasteiger partial charge in [-0.05, 0) is 50.6 Å². The second-order valence-electron chi connectivity index (χ2n) is 6.32. The molecule has 130 valence electrons. The summed E-state index contributed by atoms with van der Waals surface area (Å²) in [7, 11) is 0. The number of nitrogens with zero attached hydrogens (tertiary/aromatic N) is 1. The fraction of sp³-hybridized carbons (Fsp3) is 0.211. The van der Waals surface area contributed by atoms with Crippen LogP contribution in [0.4, 0.5) is 0 Å². The highest BCUT2D eigenvalue weighted by atomic mass is 35.5. The standard InChI is InChI=1S/C19H16Cl3NO2/c1-11-17(15-6-4-5-7-16(15)22)18(24)23(25-11)19(2,3)12-8-13(20)10-14(21)9-12/h4-10H,1-3H3. The minimum Gasteiger partial charge on any atom is -0.380 e. The lowest BCUT2D eigenvalue weighted by atomic mass is 9.94. The summed E-state index contributed by atoms with van der Waals surface area (Å²) in [6, 6.07) is 12.4. The van der Waals surface area contributed by atoms with Gasteiger partial charge >= 0.3 is 0 Å². The van der Waals surface area contributed by atoms with E-state index in [4.69, 9.17) is 39.3 Å². The second-order valence-corrected chi connectivity index (χ2v) is 7.60. The predicted molar refractivity (Wildman–Crippen MR) is 103 cm³/mol. The van der Waals surface area contributed by atoms with Crippen molar-refractivity contribution in [3.05, 3.63) is 79.2 Å². The Hall–Kier alpha value is -1.68. The maximum atomic E-state index is 13.1. The second kappa shape index (κ2) is 6.56. The van der Waals surface area contributed by atoms with E-state index in [1.54, 1.807) is 37.3 Å². The number of rotatable bonds is 3. The lowest BCUT2D eigenvalue weighted by Gasteiger charge is -2.25. The van der Waals surface area contributed by atoms with Gasteiger partial charge in [-0.3, -0.25) is 4.79 Å². The minimum atomic E-state index is -0.782. The summed E-state index contributed by atoms with van der Waals surface area (Å²) in [4.78, 5) is 13.1. The highest BCUT2D eigenvalue weighted by Crippen LogP contribution is 2.33. The number of hydrogen-bond acceptors (Lipinski definition) is 2. The molecule has 3 nitrogen and oxygen atoms in total. The van der Waals surface area contributed by atoms with E-state index < -0.39 is 5.54 Å². The Morgan fingerprint density at radius 1 is 1.00 bits per heavy atom. The molecule has 1 heterocycles. The van der Waals surface area contributed by atoms with Crippen molar-refractivity contribution < 1.29 is 4.52 Å². The van der Waals surface area contributed by atoms with Crippen LogP contribution in [0, 0.1) is 6.92 Å². The zero-order chi connectivity index (χ0) is 18.4. The minimum absolute atomic E-state index is 0.258. The molecule has 0 spiro atoms. The number of aryl methyl sites for hydroxylation is 1. The summed E-state index contributed by atoms with van der Waals surface area (Å²) in [5, 5.41) is 1.50. The number of halogens is 3. The van der Waals surface area contributed by atoms with Crippen molar-refractivity contribution in [3.63, 3.8) is 0 Å². The molecule has 0 saturated carbocycles. The molecule has 0 N–H and O–H groups in total. The fourth-order valence-electron chi connectivity index (χ4n) is 2.84. The molecule has 0 amide bonds. The molecule has 6 heteroatoms. The van der Waals surface area contributed by atoms with Crippen molar-refractivity contribution >= 4 is 34.8 Å². The lowest BCUT2D eigenvalue weighted by molar-refractivity contribution is 0.166. The molecule has 0 atom stereocenters. The van der Waals surface area contributed by atoms with Crippen molar-refractivity contribution in [2.75, 3.05) is 0 Å². The van der Waals surface area contributed by atoms with Crippen LogP contribution in [0.2, 0.25) is 15.1 Å². The Morgan fingerprint density at radius 3 is 2.20 bits per heavy atom. The summed E-state index contributed by atoms with van der Waals surface area (Å²) >= 11 is 18.5. The molecule has 0 aliphatic rings. The number of benzene rings is 2. The van der Waals surface area contributed by atoms with E-state index in [0.717, 1.165) is 5.56 Å². The largest absolute Gasteiger partial charge is 0.380 e. The normalized spacial score (nSPS) is 11.8. The Kier molecular flexibility index (Phi) is 4.76. The van der Waals surface area contributed by atoms with E-state index >= 15 is 0 Å². The molecule has 0 radical (unpaired) electrons. The van der Waals surface area contributed by atoms with Crippen molar-refractivity contribution in [1.29, 1.82) is 0 Å². The molecule has 25 heavy (non-hydrogen) atoms. The van der Waals surface area contributed by atoms with Gasteiger partial charge in [-0.15, -0.1) is 0 Å². The van der Waals surface area contributed by atoms with Gasteiger partial charge in [-0.1, -0.05) is 53.0 Å². The zero-order valence-electron chi connectivity index (χ0n) is 13.9. The van der Waals surface area contributed by atoms with Crippen LogP contribution in [0.25, 0.3) is 11.1 Å². The van der Waals surface area contributed by atoms with E-state index in [1.165, 1.54) is 4.74 Å². The SMILES string of the molecule is Cc1on(C(C)(C)c2cc(Cl)cc(Cl)c2)c(=O)c1-c1ccccc1Cl. The Balaban J connectivity index is 2.21. The number of hydrogen-bond donors (Lipinski definition) is 0. The first kappa shape index (κ1) is 18.1. The van der Waals surface area contributed by atoms with Crippen LogP contribution in [0.3, 0.4) is 0 Å². The quantitative estimate of drug-likeness (QED) is 0.531. The van der Waals surface area contributed by atoms with Crippen LogP contribution in [0.1, 0.15) is 25.2 Å². The van der Waals surface area contributed by atoms with Crippen molar-refractivity contribution in [3.8, 4) is 11.1 Å². The molecule has 2 aromatic carbocycles. The van der Waals surface area contributed by atoms with E-state index in [0.29, 0.717) is 32.0 Å². The van der Waals surface area contributed by atoms with Gasteiger partial charge in [0.1, 0.15) is 11.3 Å².